The molecule has 6 heteroatoms. The Morgan fingerprint density at radius 2 is 1.85 bits per heavy atom. The Bertz CT molecular complexity index is 529. The first-order valence-electron chi connectivity index (χ1n) is 6.45. The van der Waals surface area contributed by atoms with Crippen LogP contribution >= 0.6 is 15.9 Å². The highest BCUT2D eigenvalue weighted by Crippen LogP contribution is 2.21. The van der Waals surface area contributed by atoms with E-state index in [1.807, 2.05) is 18.2 Å². The average molecular weight is 339 g/mol. The van der Waals surface area contributed by atoms with Crippen molar-refractivity contribution in [3.8, 4) is 0 Å². The first-order valence-corrected chi connectivity index (χ1v) is 7.25. The fraction of sp³-hybridized carbons (Fsp3) is 0.357. The number of para-hydroxylation sites is 1. The van der Waals surface area contributed by atoms with Gasteiger partial charge in [-0.1, -0.05) is 12.1 Å². The van der Waals surface area contributed by atoms with E-state index >= 15 is 0 Å². The smallest absolute Gasteiger partial charge is 0.229 e. The van der Waals surface area contributed by atoms with Gasteiger partial charge in [-0.05, 0) is 34.5 Å². The Labute approximate surface area is 125 Å². The molecule has 1 aliphatic rings. The van der Waals surface area contributed by atoms with E-state index in [-0.39, 0.29) is 24.1 Å². The summed E-state index contributed by atoms with van der Waals surface area (Å²) >= 11 is 3.35. The van der Waals surface area contributed by atoms with Gasteiger partial charge in [0, 0.05) is 30.3 Å². The molecule has 1 heterocycles. The Morgan fingerprint density at radius 1 is 1.20 bits per heavy atom. The van der Waals surface area contributed by atoms with Crippen molar-refractivity contribution in [3.63, 3.8) is 0 Å². The highest BCUT2D eigenvalue weighted by Gasteiger charge is 2.28. The number of anilines is 1. The van der Waals surface area contributed by atoms with Gasteiger partial charge in [0.05, 0.1) is 5.69 Å². The predicted octanol–water partition coefficient (Wildman–Crippen LogP) is 2.32. The molecule has 2 rings (SSSR count). The number of amides is 3. The zero-order valence-electron chi connectivity index (χ0n) is 10.9. The maximum absolute atomic E-state index is 11.8. The molecule has 1 fully saturated rings. The van der Waals surface area contributed by atoms with Crippen molar-refractivity contribution in [2.75, 3.05) is 11.9 Å². The number of imide groups is 1. The molecule has 0 bridgehead atoms. The van der Waals surface area contributed by atoms with Crippen LogP contribution in [0.25, 0.3) is 0 Å². The fourth-order valence-electron chi connectivity index (χ4n) is 2.05. The molecule has 0 saturated carbocycles. The number of carbonyl (C=O) groups is 3. The SMILES string of the molecule is O=C(CCCN1C(=O)CCC1=O)Nc1ccccc1Br. The van der Waals surface area contributed by atoms with Crippen LogP contribution in [0.2, 0.25) is 0 Å². The molecule has 1 aromatic carbocycles. The van der Waals surface area contributed by atoms with Crippen LogP contribution in [0.1, 0.15) is 25.7 Å². The topological polar surface area (TPSA) is 66.5 Å². The highest BCUT2D eigenvalue weighted by molar-refractivity contribution is 9.10. The average Bonchev–Trinajstić information content (AvgIpc) is 2.73. The molecule has 5 nitrogen and oxygen atoms in total. The van der Waals surface area contributed by atoms with Gasteiger partial charge in [0.1, 0.15) is 0 Å². The number of hydrogen-bond donors (Lipinski definition) is 1. The third-order valence-corrected chi connectivity index (χ3v) is 3.78. The Kier molecular flexibility index (Phi) is 4.89. The standard InChI is InChI=1S/C14H15BrN2O3/c15-10-4-1-2-5-11(10)16-12(18)6-3-9-17-13(19)7-8-14(17)20/h1-2,4-5H,3,6-9H2,(H,16,18). The maximum Gasteiger partial charge on any atom is 0.229 e. The van der Waals surface area contributed by atoms with Gasteiger partial charge in [-0.25, -0.2) is 0 Å². The molecule has 1 aromatic rings. The van der Waals surface area contributed by atoms with Gasteiger partial charge in [-0.2, -0.15) is 0 Å². The lowest BCUT2D eigenvalue weighted by Crippen LogP contribution is -2.30. The minimum Gasteiger partial charge on any atom is -0.325 e. The van der Waals surface area contributed by atoms with Crippen molar-refractivity contribution in [1.82, 2.24) is 4.90 Å². The van der Waals surface area contributed by atoms with Crippen LogP contribution in [0.5, 0.6) is 0 Å². The van der Waals surface area contributed by atoms with Crippen molar-refractivity contribution < 1.29 is 14.4 Å². The Hall–Kier alpha value is -1.69. The lowest BCUT2D eigenvalue weighted by Gasteiger charge is -2.13. The van der Waals surface area contributed by atoms with E-state index in [1.54, 1.807) is 6.07 Å². The van der Waals surface area contributed by atoms with Crippen molar-refractivity contribution in [1.29, 1.82) is 0 Å². The summed E-state index contributed by atoms with van der Waals surface area (Å²) in [6, 6.07) is 7.35. The summed E-state index contributed by atoms with van der Waals surface area (Å²) in [5.41, 5.74) is 0.714. The second kappa shape index (κ2) is 6.65. The van der Waals surface area contributed by atoms with Gasteiger partial charge in [0.15, 0.2) is 0 Å². The van der Waals surface area contributed by atoms with Crippen LogP contribution in [0, 0.1) is 0 Å². The summed E-state index contributed by atoms with van der Waals surface area (Å²) in [5, 5.41) is 2.78. The molecular weight excluding hydrogens is 324 g/mol. The first kappa shape index (κ1) is 14.7. The molecule has 0 unspecified atom stereocenters. The molecule has 0 aromatic heterocycles. The second-order valence-electron chi connectivity index (χ2n) is 4.57. The van der Waals surface area contributed by atoms with Gasteiger partial charge < -0.3 is 5.32 Å². The first-order chi connectivity index (χ1) is 9.58. The largest absolute Gasteiger partial charge is 0.325 e. The summed E-state index contributed by atoms with van der Waals surface area (Å²) in [6.45, 7) is 0.320. The van der Waals surface area contributed by atoms with Crippen molar-refractivity contribution in [2.24, 2.45) is 0 Å². The Morgan fingerprint density at radius 3 is 2.50 bits per heavy atom. The number of carbonyl (C=O) groups excluding carboxylic acids is 3. The lowest BCUT2D eigenvalue weighted by atomic mass is 10.2. The van der Waals surface area contributed by atoms with Crippen LogP contribution in [-0.2, 0) is 14.4 Å². The molecule has 20 heavy (non-hydrogen) atoms. The van der Waals surface area contributed by atoms with Crippen LogP contribution in [0.3, 0.4) is 0 Å². The third kappa shape index (κ3) is 3.66. The van der Waals surface area contributed by atoms with Crippen molar-refractivity contribution in [3.05, 3.63) is 28.7 Å². The van der Waals surface area contributed by atoms with E-state index in [9.17, 15) is 14.4 Å². The van der Waals surface area contributed by atoms with E-state index in [1.165, 1.54) is 4.90 Å². The molecular formula is C14H15BrN2O3. The van der Waals surface area contributed by atoms with Crippen LogP contribution < -0.4 is 5.32 Å². The summed E-state index contributed by atoms with van der Waals surface area (Å²) < 4.78 is 0.818. The van der Waals surface area contributed by atoms with Gasteiger partial charge in [0.25, 0.3) is 0 Å². The second-order valence-corrected chi connectivity index (χ2v) is 5.43. The number of likely N-dealkylation sites (tertiary alicyclic amines) is 1. The molecule has 3 amide bonds. The molecule has 0 atom stereocenters. The maximum atomic E-state index is 11.8. The lowest BCUT2D eigenvalue weighted by molar-refractivity contribution is -0.138. The van der Waals surface area contributed by atoms with Crippen molar-refractivity contribution >= 4 is 39.3 Å². The predicted molar refractivity (Wildman–Crippen MR) is 78.0 cm³/mol. The van der Waals surface area contributed by atoms with Crippen LogP contribution in [-0.4, -0.2) is 29.2 Å². The van der Waals surface area contributed by atoms with E-state index in [2.05, 4.69) is 21.2 Å². The Balaban J connectivity index is 1.77. The summed E-state index contributed by atoms with van der Waals surface area (Å²) in [4.78, 5) is 35.8. The van der Waals surface area contributed by atoms with E-state index < -0.39 is 0 Å². The van der Waals surface area contributed by atoms with Crippen LogP contribution in [0.4, 0.5) is 5.69 Å². The van der Waals surface area contributed by atoms with Crippen molar-refractivity contribution in [2.45, 2.75) is 25.7 Å². The fourth-order valence-corrected chi connectivity index (χ4v) is 2.43. The summed E-state index contributed by atoms with van der Waals surface area (Å²) in [7, 11) is 0. The molecule has 1 aliphatic heterocycles. The zero-order chi connectivity index (χ0) is 14.5. The summed E-state index contributed by atoms with van der Waals surface area (Å²) in [5.74, 6) is -0.404. The number of rotatable bonds is 5. The number of nitrogens with one attached hydrogen (secondary N) is 1. The van der Waals surface area contributed by atoms with Gasteiger partial charge >= 0.3 is 0 Å². The van der Waals surface area contributed by atoms with Gasteiger partial charge in [-0.3, -0.25) is 19.3 Å². The normalized spacial score (nSPS) is 14.8. The third-order valence-electron chi connectivity index (χ3n) is 3.09. The molecule has 0 radical (unpaired) electrons. The van der Waals surface area contributed by atoms with E-state index in [4.69, 9.17) is 0 Å². The highest BCUT2D eigenvalue weighted by atomic mass is 79.9. The molecule has 0 aliphatic carbocycles. The van der Waals surface area contributed by atoms with E-state index in [0.717, 1.165) is 4.47 Å². The monoisotopic (exact) mass is 338 g/mol. The molecule has 0 spiro atoms. The molecule has 1 saturated heterocycles. The number of benzene rings is 1. The van der Waals surface area contributed by atoms with E-state index in [0.29, 0.717) is 31.5 Å². The molecule has 1 N–H and O–H groups in total. The number of halogens is 1. The zero-order valence-corrected chi connectivity index (χ0v) is 12.5. The number of hydrogen-bond acceptors (Lipinski definition) is 3. The quantitative estimate of drug-likeness (QED) is 0.838. The minimum absolute atomic E-state index is 0.129. The molecule has 106 valence electrons. The number of nitrogens with zero attached hydrogens (tertiary/aromatic N) is 1. The van der Waals surface area contributed by atoms with Gasteiger partial charge in [0.2, 0.25) is 17.7 Å². The van der Waals surface area contributed by atoms with Crippen LogP contribution in [0.15, 0.2) is 28.7 Å². The van der Waals surface area contributed by atoms with Gasteiger partial charge in [-0.15, -0.1) is 0 Å². The summed E-state index contributed by atoms with van der Waals surface area (Å²) in [6.07, 6.45) is 1.34. The minimum atomic E-state index is -0.138.